The molecule has 2 aromatic carbocycles. The van der Waals surface area contributed by atoms with Gasteiger partial charge < -0.3 is 20.3 Å². The lowest BCUT2D eigenvalue weighted by Gasteiger charge is -2.39. The van der Waals surface area contributed by atoms with Crippen LogP contribution in [0, 0.1) is 18.7 Å². The van der Waals surface area contributed by atoms with E-state index in [1.807, 2.05) is 42.2 Å². The Morgan fingerprint density at radius 1 is 1.16 bits per heavy atom. The molecule has 6 nitrogen and oxygen atoms in total. The Labute approximate surface area is 187 Å². The van der Waals surface area contributed by atoms with Crippen LogP contribution < -0.4 is 26.1 Å². The number of hydrogen-bond acceptors (Lipinski definition) is 6. The van der Waals surface area contributed by atoms with Crippen molar-refractivity contribution in [3.8, 4) is 5.75 Å². The van der Waals surface area contributed by atoms with Crippen molar-refractivity contribution in [1.29, 1.82) is 0 Å². The zero-order chi connectivity index (χ0) is 22.4. The predicted molar refractivity (Wildman–Crippen MR) is 122 cm³/mol. The third-order valence-corrected chi connectivity index (χ3v) is 6.87. The highest BCUT2D eigenvalue weighted by Crippen LogP contribution is 2.44. The summed E-state index contributed by atoms with van der Waals surface area (Å²) in [5, 5.41) is 1.72. The van der Waals surface area contributed by atoms with Gasteiger partial charge in [-0.05, 0) is 49.1 Å². The lowest BCUT2D eigenvalue weighted by Crippen LogP contribution is -2.47. The van der Waals surface area contributed by atoms with Gasteiger partial charge in [0.1, 0.15) is 24.3 Å². The first-order valence-corrected chi connectivity index (χ1v) is 11.3. The normalized spacial score (nSPS) is 24.5. The smallest absolute Gasteiger partial charge is 0.147 e. The van der Waals surface area contributed by atoms with Gasteiger partial charge in [0.2, 0.25) is 0 Å². The minimum Gasteiger partial charge on any atom is -0.492 e. The van der Waals surface area contributed by atoms with Gasteiger partial charge in [0, 0.05) is 43.3 Å². The highest BCUT2D eigenvalue weighted by Gasteiger charge is 2.41. The molecule has 8 heteroatoms. The Hall–Kier alpha value is -2.42. The number of ether oxygens (including phenoxy) is 1. The third kappa shape index (κ3) is 4.02. The summed E-state index contributed by atoms with van der Waals surface area (Å²) in [4.78, 5) is 4.10. The number of nitrogens with two attached hydrogens (primary N) is 2. The third-order valence-electron chi connectivity index (χ3n) is 6.87. The minimum atomic E-state index is -1.14. The first-order chi connectivity index (χ1) is 15.4. The van der Waals surface area contributed by atoms with Gasteiger partial charge in [0.25, 0.3) is 0 Å². The van der Waals surface area contributed by atoms with Crippen LogP contribution in [0.2, 0.25) is 0 Å². The Morgan fingerprint density at radius 2 is 1.91 bits per heavy atom. The lowest BCUT2D eigenvalue weighted by molar-refractivity contribution is 0.196. The first-order valence-electron chi connectivity index (χ1n) is 11.3. The van der Waals surface area contributed by atoms with Gasteiger partial charge in [-0.2, -0.15) is 0 Å². The summed E-state index contributed by atoms with van der Waals surface area (Å²) in [7, 11) is 0. The molecule has 1 saturated carbocycles. The Morgan fingerprint density at radius 3 is 2.62 bits per heavy atom. The lowest BCUT2D eigenvalue weighted by atomic mass is 9.98. The zero-order valence-corrected chi connectivity index (χ0v) is 18.4. The molecule has 2 aliphatic heterocycles. The van der Waals surface area contributed by atoms with E-state index in [2.05, 4.69) is 4.90 Å². The summed E-state index contributed by atoms with van der Waals surface area (Å²) in [6.07, 6.45) is 1.10. The van der Waals surface area contributed by atoms with Crippen LogP contribution in [0.3, 0.4) is 0 Å². The molecule has 0 bridgehead atoms. The number of halogens is 2. The van der Waals surface area contributed by atoms with E-state index in [-0.39, 0.29) is 19.0 Å². The van der Waals surface area contributed by atoms with Crippen molar-refractivity contribution >= 4 is 11.4 Å². The predicted octanol–water partition coefficient (Wildman–Crippen LogP) is 2.93. The van der Waals surface area contributed by atoms with E-state index in [1.165, 1.54) is 0 Å². The average molecular weight is 444 g/mol. The second-order valence-corrected chi connectivity index (χ2v) is 9.30. The summed E-state index contributed by atoms with van der Waals surface area (Å²) in [6, 6.07) is 10.9. The fraction of sp³-hybridized carbons (Fsp3) is 0.500. The molecule has 2 heterocycles. The fourth-order valence-electron chi connectivity index (χ4n) is 5.16. The summed E-state index contributed by atoms with van der Waals surface area (Å²) >= 11 is 0. The summed E-state index contributed by atoms with van der Waals surface area (Å²) in [5.41, 5.74) is 9.62. The standard InChI is InChI=1S/C24H31F2N5O/c1-15-23-16(10-30(28)14-31(23)17-7-8-17)9-20(25)24(15)29-11-19(21(26)12-29)22(27)13-32-18-5-3-2-4-6-18/h2-6,9,17,19,21-22H,7-8,10-14,27-28H2,1H3/t19-,21+,22-/m0/s1. The van der Waals surface area contributed by atoms with Crippen molar-refractivity contribution in [2.24, 2.45) is 17.5 Å². The highest BCUT2D eigenvalue weighted by molar-refractivity contribution is 5.73. The van der Waals surface area contributed by atoms with Gasteiger partial charge >= 0.3 is 0 Å². The van der Waals surface area contributed by atoms with E-state index in [9.17, 15) is 0 Å². The van der Waals surface area contributed by atoms with Crippen LogP contribution in [0.15, 0.2) is 36.4 Å². The molecule has 0 aromatic heterocycles. The van der Waals surface area contributed by atoms with E-state index in [4.69, 9.17) is 16.3 Å². The van der Waals surface area contributed by atoms with E-state index in [0.29, 0.717) is 37.2 Å². The number of nitrogens with zero attached hydrogens (tertiary/aromatic N) is 3. The largest absolute Gasteiger partial charge is 0.492 e. The molecule has 1 saturated heterocycles. The van der Waals surface area contributed by atoms with Crippen LogP contribution in [-0.2, 0) is 6.54 Å². The van der Waals surface area contributed by atoms with Crippen LogP contribution in [-0.4, -0.2) is 49.6 Å². The molecular weight excluding hydrogens is 412 g/mol. The van der Waals surface area contributed by atoms with E-state index in [1.54, 1.807) is 11.1 Å². The van der Waals surface area contributed by atoms with Gasteiger partial charge in [-0.25, -0.2) is 13.8 Å². The molecule has 4 N–H and O–H groups in total. The Balaban J connectivity index is 1.35. The van der Waals surface area contributed by atoms with E-state index >= 15 is 8.78 Å². The topological polar surface area (TPSA) is 71.0 Å². The molecule has 0 amide bonds. The molecule has 32 heavy (non-hydrogen) atoms. The van der Waals surface area contributed by atoms with Gasteiger partial charge in [0.05, 0.1) is 12.4 Å². The van der Waals surface area contributed by atoms with E-state index in [0.717, 1.165) is 29.7 Å². The number of rotatable bonds is 6. The Bertz CT molecular complexity index is 971. The second kappa shape index (κ2) is 8.50. The van der Waals surface area contributed by atoms with Crippen LogP contribution >= 0.6 is 0 Å². The fourth-order valence-corrected chi connectivity index (χ4v) is 5.16. The molecule has 3 atom stereocenters. The maximum Gasteiger partial charge on any atom is 0.147 e. The average Bonchev–Trinajstić information content (AvgIpc) is 3.54. The first kappa shape index (κ1) is 21.4. The monoisotopic (exact) mass is 443 g/mol. The number of hydrazine groups is 1. The van der Waals surface area contributed by atoms with Crippen molar-refractivity contribution < 1.29 is 13.5 Å². The molecular formula is C24H31F2N5O. The van der Waals surface area contributed by atoms with Crippen molar-refractivity contribution in [2.45, 2.75) is 44.6 Å². The molecule has 0 radical (unpaired) electrons. The van der Waals surface area contributed by atoms with Crippen molar-refractivity contribution in [3.63, 3.8) is 0 Å². The maximum absolute atomic E-state index is 15.3. The van der Waals surface area contributed by atoms with Crippen LogP contribution in [0.25, 0.3) is 0 Å². The van der Waals surface area contributed by atoms with E-state index < -0.39 is 18.1 Å². The summed E-state index contributed by atoms with van der Waals surface area (Å²) < 4.78 is 36.1. The SMILES string of the molecule is Cc1c(N2C[C@H]([C@@H](N)COc3ccccc3)[C@H](F)C2)c(F)cc2c1N(C1CC1)CN(N)C2. The van der Waals surface area contributed by atoms with Crippen LogP contribution in [0.5, 0.6) is 5.75 Å². The quantitative estimate of drug-likeness (QED) is 0.669. The number of alkyl halides is 1. The van der Waals surface area contributed by atoms with Crippen molar-refractivity contribution in [2.75, 3.05) is 36.2 Å². The number of anilines is 2. The zero-order valence-electron chi connectivity index (χ0n) is 18.4. The maximum atomic E-state index is 15.3. The number of hydrogen-bond donors (Lipinski definition) is 2. The molecule has 1 aliphatic carbocycles. The highest BCUT2D eigenvalue weighted by atomic mass is 19.1. The number of para-hydroxylation sites is 1. The minimum absolute atomic E-state index is 0.132. The molecule has 3 aliphatic rings. The van der Waals surface area contributed by atoms with Crippen LogP contribution in [0.4, 0.5) is 20.2 Å². The summed E-state index contributed by atoms with van der Waals surface area (Å²) in [5.74, 6) is 6.05. The van der Waals surface area contributed by atoms with Crippen molar-refractivity contribution in [1.82, 2.24) is 5.01 Å². The molecule has 2 aromatic rings. The molecule has 0 spiro atoms. The molecule has 2 fully saturated rings. The molecule has 172 valence electrons. The van der Waals surface area contributed by atoms with Gasteiger partial charge in [-0.3, -0.25) is 5.84 Å². The number of benzene rings is 2. The van der Waals surface area contributed by atoms with Gasteiger partial charge in [0.15, 0.2) is 0 Å². The molecule has 0 unspecified atom stereocenters. The number of fused-ring (bicyclic) bond motifs is 1. The summed E-state index contributed by atoms with van der Waals surface area (Å²) in [6.45, 7) is 3.79. The molecule has 5 rings (SSSR count). The van der Waals surface area contributed by atoms with Gasteiger partial charge in [-0.1, -0.05) is 18.2 Å². The van der Waals surface area contributed by atoms with Gasteiger partial charge in [-0.15, -0.1) is 0 Å². The van der Waals surface area contributed by atoms with Crippen molar-refractivity contribution in [3.05, 3.63) is 53.3 Å². The second-order valence-electron chi connectivity index (χ2n) is 9.30. The van der Waals surface area contributed by atoms with Crippen LogP contribution in [0.1, 0.15) is 24.0 Å². The Kier molecular flexibility index (Phi) is 5.69.